The van der Waals surface area contributed by atoms with Gasteiger partial charge in [-0.1, -0.05) is 30.0 Å². The number of nitrogens with zero attached hydrogens (tertiary/aromatic N) is 5. The summed E-state index contributed by atoms with van der Waals surface area (Å²) in [5, 5.41) is 8.38. The third kappa shape index (κ3) is 3.80. The molecule has 0 aliphatic rings. The van der Waals surface area contributed by atoms with Crippen molar-refractivity contribution in [2.45, 2.75) is 24.3 Å². The van der Waals surface area contributed by atoms with E-state index < -0.39 is 22.3 Å². The fourth-order valence-corrected chi connectivity index (χ4v) is 4.38. The summed E-state index contributed by atoms with van der Waals surface area (Å²) < 4.78 is 9.21. The molecule has 0 saturated carbocycles. The SMILES string of the molecule is Cc1occc1-c1nnc(SC(C)C(=O)c2c(N)n(C)c(=O)n(C)c2=O)n1-c1ccccc1. The summed E-state index contributed by atoms with van der Waals surface area (Å²) in [5.74, 6) is 0.575. The summed E-state index contributed by atoms with van der Waals surface area (Å²) in [5.41, 5.74) is 5.99. The van der Waals surface area contributed by atoms with Crippen LogP contribution >= 0.6 is 11.8 Å². The molecule has 0 bridgehead atoms. The lowest BCUT2D eigenvalue weighted by atomic mass is 10.1. The Balaban J connectivity index is 1.77. The van der Waals surface area contributed by atoms with Crippen LogP contribution in [0.4, 0.5) is 5.82 Å². The van der Waals surface area contributed by atoms with Crippen molar-refractivity contribution in [3.05, 3.63) is 74.8 Å². The van der Waals surface area contributed by atoms with Gasteiger partial charge in [0.1, 0.15) is 17.1 Å². The van der Waals surface area contributed by atoms with Crippen molar-refractivity contribution in [1.29, 1.82) is 0 Å². The minimum absolute atomic E-state index is 0.167. The zero-order valence-corrected chi connectivity index (χ0v) is 19.3. The van der Waals surface area contributed by atoms with Gasteiger partial charge in [0.25, 0.3) is 5.56 Å². The van der Waals surface area contributed by atoms with E-state index in [4.69, 9.17) is 10.2 Å². The highest BCUT2D eigenvalue weighted by Crippen LogP contribution is 2.32. The van der Waals surface area contributed by atoms with Gasteiger partial charge in [-0.25, -0.2) is 4.79 Å². The van der Waals surface area contributed by atoms with Crippen LogP contribution in [-0.4, -0.2) is 34.9 Å². The quantitative estimate of drug-likeness (QED) is 0.338. The fraction of sp³-hybridized carbons (Fsp3) is 0.227. The molecule has 0 aliphatic heterocycles. The van der Waals surface area contributed by atoms with Crippen LogP contribution in [0, 0.1) is 6.92 Å². The molecule has 33 heavy (non-hydrogen) atoms. The number of aryl methyl sites for hydroxylation is 1. The molecule has 4 rings (SSSR count). The molecule has 3 heterocycles. The number of benzene rings is 1. The van der Waals surface area contributed by atoms with Crippen molar-refractivity contribution in [3.63, 3.8) is 0 Å². The van der Waals surface area contributed by atoms with Gasteiger partial charge in [0, 0.05) is 19.8 Å². The molecule has 4 aromatic rings. The Morgan fingerprint density at radius 3 is 2.42 bits per heavy atom. The zero-order chi connectivity index (χ0) is 23.9. The van der Waals surface area contributed by atoms with Crippen LogP contribution < -0.4 is 17.0 Å². The highest BCUT2D eigenvalue weighted by Gasteiger charge is 2.28. The number of nitrogen functional groups attached to an aromatic ring is 1. The van der Waals surface area contributed by atoms with E-state index >= 15 is 0 Å². The average molecular weight is 467 g/mol. The lowest BCUT2D eigenvalue weighted by molar-refractivity contribution is 0.0992. The molecule has 2 N–H and O–H groups in total. The number of aromatic nitrogens is 5. The van der Waals surface area contributed by atoms with Crippen LogP contribution in [0.25, 0.3) is 17.1 Å². The van der Waals surface area contributed by atoms with Gasteiger partial charge in [-0.2, -0.15) is 0 Å². The van der Waals surface area contributed by atoms with Gasteiger partial charge in [-0.05, 0) is 32.0 Å². The molecule has 1 atom stereocenters. The smallest absolute Gasteiger partial charge is 0.332 e. The highest BCUT2D eigenvalue weighted by molar-refractivity contribution is 8.00. The molecule has 0 aliphatic carbocycles. The third-order valence-corrected chi connectivity index (χ3v) is 6.40. The number of furan rings is 1. The van der Waals surface area contributed by atoms with Crippen LogP contribution in [0.2, 0.25) is 0 Å². The minimum Gasteiger partial charge on any atom is -0.469 e. The van der Waals surface area contributed by atoms with Crippen LogP contribution in [-0.2, 0) is 14.1 Å². The van der Waals surface area contributed by atoms with Gasteiger partial charge >= 0.3 is 5.69 Å². The Hall–Kier alpha value is -3.86. The fourth-order valence-electron chi connectivity index (χ4n) is 3.45. The van der Waals surface area contributed by atoms with E-state index in [-0.39, 0.29) is 11.4 Å². The summed E-state index contributed by atoms with van der Waals surface area (Å²) >= 11 is 1.14. The largest absolute Gasteiger partial charge is 0.469 e. The number of rotatable bonds is 6. The van der Waals surface area contributed by atoms with Gasteiger partial charge in [0.15, 0.2) is 16.8 Å². The van der Waals surface area contributed by atoms with Gasteiger partial charge in [0.2, 0.25) is 0 Å². The van der Waals surface area contributed by atoms with E-state index in [1.165, 1.54) is 14.1 Å². The lowest BCUT2D eigenvalue weighted by Crippen LogP contribution is -2.42. The summed E-state index contributed by atoms with van der Waals surface area (Å²) in [6, 6.07) is 11.3. The van der Waals surface area contributed by atoms with Gasteiger partial charge in [0.05, 0.1) is 17.1 Å². The Kier molecular flexibility index (Phi) is 5.81. The topological polar surface area (TPSA) is 131 Å². The van der Waals surface area contributed by atoms with E-state index in [9.17, 15) is 14.4 Å². The molecule has 3 aromatic heterocycles. The number of para-hydroxylation sites is 1. The van der Waals surface area contributed by atoms with Crippen LogP contribution in [0.1, 0.15) is 23.0 Å². The number of hydrogen-bond donors (Lipinski definition) is 1. The van der Waals surface area contributed by atoms with E-state index in [1.54, 1.807) is 19.3 Å². The minimum atomic E-state index is -0.734. The van der Waals surface area contributed by atoms with E-state index in [1.807, 2.05) is 41.8 Å². The highest BCUT2D eigenvalue weighted by atomic mass is 32.2. The molecule has 170 valence electrons. The van der Waals surface area contributed by atoms with E-state index in [0.29, 0.717) is 16.7 Å². The Morgan fingerprint density at radius 2 is 1.79 bits per heavy atom. The number of nitrogens with two attached hydrogens (primary N) is 1. The molecule has 11 heteroatoms. The van der Waals surface area contributed by atoms with Crippen molar-refractivity contribution in [1.82, 2.24) is 23.9 Å². The van der Waals surface area contributed by atoms with Crippen molar-refractivity contribution in [2.75, 3.05) is 5.73 Å². The maximum atomic E-state index is 13.2. The Bertz CT molecular complexity index is 1460. The first-order valence-corrected chi connectivity index (χ1v) is 10.9. The van der Waals surface area contributed by atoms with Crippen molar-refractivity contribution < 1.29 is 9.21 Å². The second-order valence-corrected chi connectivity index (χ2v) is 8.77. The van der Waals surface area contributed by atoms with Gasteiger partial charge in [-0.3, -0.25) is 23.3 Å². The van der Waals surface area contributed by atoms with Crippen molar-refractivity contribution >= 4 is 23.4 Å². The maximum Gasteiger partial charge on any atom is 0.332 e. The normalized spacial score (nSPS) is 12.1. The van der Waals surface area contributed by atoms with E-state index in [0.717, 1.165) is 32.1 Å². The van der Waals surface area contributed by atoms with Crippen LogP contribution in [0.5, 0.6) is 0 Å². The molecule has 0 amide bonds. The number of carbonyl (C=O) groups is 1. The Labute approximate surface area is 192 Å². The summed E-state index contributed by atoms with van der Waals surface area (Å²) in [6.45, 7) is 3.49. The Morgan fingerprint density at radius 1 is 1.09 bits per heavy atom. The number of ketones is 1. The molecular formula is C22H22N6O4S. The first-order chi connectivity index (χ1) is 15.7. The molecule has 1 aromatic carbocycles. The van der Waals surface area contributed by atoms with Gasteiger partial charge < -0.3 is 10.2 Å². The first kappa shape index (κ1) is 22.3. The standard InChI is InChI=1S/C22H22N6O4S/c1-12-15(10-11-32-12)19-24-25-21(28(19)14-8-6-5-7-9-14)33-13(2)17(29)16-18(23)26(3)22(31)27(4)20(16)30/h5-11,13H,23H2,1-4H3. The van der Waals surface area contributed by atoms with Crippen molar-refractivity contribution in [2.24, 2.45) is 14.1 Å². The average Bonchev–Trinajstić information content (AvgIpc) is 3.42. The molecule has 0 fully saturated rings. The number of Topliss-reactive ketones (excluding diaryl/α,β-unsaturated/α-hetero) is 1. The monoisotopic (exact) mass is 466 g/mol. The first-order valence-electron chi connectivity index (χ1n) is 10.0. The second-order valence-electron chi connectivity index (χ2n) is 7.46. The summed E-state index contributed by atoms with van der Waals surface area (Å²) in [4.78, 5) is 38.0. The van der Waals surface area contributed by atoms with Crippen LogP contribution in [0.15, 0.2) is 61.8 Å². The van der Waals surface area contributed by atoms with Crippen molar-refractivity contribution in [3.8, 4) is 17.1 Å². The maximum absolute atomic E-state index is 13.2. The number of anilines is 1. The summed E-state index contributed by atoms with van der Waals surface area (Å²) in [7, 11) is 2.72. The number of thioether (sulfide) groups is 1. The predicted molar refractivity (Wildman–Crippen MR) is 125 cm³/mol. The molecule has 0 saturated heterocycles. The molecular weight excluding hydrogens is 444 g/mol. The summed E-state index contributed by atoms with van der Waals surface area (Å²) in [6.07, 6.45) is 1.58. The van der Waals surface area contributed by atoms with E-state index in [2.05, 4.69) is 10.2 Å². The molecule has 0 radical (unpaired) electrons. The predicted octanol–water partition coefficient (Wildman–Crippen LogP) is 2.18. The second kappa shape index (κ2) is 8.58. The third-order valence-electron chi connectivity index (χ3n) is 5.36. The molecule has 10 nitrogen and oxygen atoms in total. The zero-order valence-electron chi connectivity index (χ0n) is 18.5. The van der Waals surface area contributed by atoms with Gasteiger partial charge in [-0.15, -0.1) is 10.2 Å². The molecule has 1 unspecified atom stereocenters. The number of carbonyl (C=O) groups excluding carboxylic acids is 1. The molecule has 0 spiro atoms. The number of hydrogen-bond acceptors (Lipinski definition) is 8. The lowest BCUT2D eigenvalue weighted by Gasteiger charge is -2.15. The van der Waals surface area contributed by atoms with Crippen LogP contribution in [0.3, 0.4) is 0 Å².